The lowest BCUT2D eigenvalue weighted by atomic mass is 9.96. The molecule has 18 heavy (non-hydrogen) atoms. The second-order valence-electron chi connectivity index (χ2n) is 4.10. The van der Waals surface area contributed by atoms with E-state index in [1.165, 1.54) is 11.1 Å². The topological polar surface area (TPSA) is 54.5 Å². The molecule has 3 rings (SSSR count). The van der Waals surface area contributed by atoms with E-state index in [0.717, 1.165) is 11.1 Å². The maximum Gasteiger partial charge on any atom is 0.205 e. The highest BCUT2D eigenvalue weighted by molar-refractivity contribution is 5.81. The summed E-state index contributed by atoms with van der Waals surface area (Å²) in [6, 6.07) is 16.4. The Hall–Kier alpha value is -2.49. The molecule has 0 spiro atoms. The third-order valence-corrected chi connectivity index (χ3v) is 2.95. The van der Waals surface area contributed by atoms with Crippen LogP contribution in [0, 0.1) is 6.92 Å². The highest BCUT2D eigenvalue weighted by atomic mass is 15.5. The van der Waals surface area contributed by atoms with Crippen LogP contribution in [0.5, 0.6) is 0 Å². The fourth-order valence-electron chi connectivity index (χ4n) is 2.06. The number of nitrogens with zero attached hydrogens (tertiary/aromatic N) is 3. The van der Waals surface area contributed by atoms with Crippen molar-refractivity contribution < 1.29 is 0 Å². The van der Waals surface area contributed by atoms with E-state index in [-0.39, 0.29) is 0 Å². The molecule has 4 heteroatoms. The molecule has 3 aromatic rings. The normalized spacial score (nSPS) is 10.5. The van der Waals surface area contributed by atoms with Gasteiger partial charge in [0.15, 0.2) is 0 Å². The minimum Gasteiger partial charge on any atom is -0.177 e. The number of benzene rings is 2. The van der Waals surface area contributed by atoms with Crippen LogP contribution in [0.3, 0.4) is 0 Å². The number of hydrogen-bond donors (Lipinski definition) is 1. The van der Waals surface area contributed by atoms with Gasteiger partial charge in [0.1, 0.15) is 0 Å². The Morgan fingerprint density at radius 3 is 2.17 bits per heavy atom. The van der Waals surface area contributed by atoms with Gasteiger partial charge in [-0.15, -0.1) is 10.2 Å². The molecule has 2 aromatic carbocycles. The first kappa shape index (κ1) is 10.7. The highest BCUT2D eigenvalue weighted by Crippen LogP contribution is 2.31. The van der Waals surface area contributed by atoms with Gasteiger partial charge in [0.05, 0.1) is 0 Å². The van der Waals surface area contributed by atoms with E-state index in [4.69, 9.17) is 0 Å². The summed E-state index contributed by atoms with van der Waals surface area (Å²) >= 11 is 0. The lowest BCUT2D eigenvalue weighted by Gasteiger charge is -2.09. The monoisotopic (exact) mass is 236 g/mol. The molecular weight excluding hydrogens is 224 g/mol. The number of H-pyrrole nitrogens is 1. The van der Waals surface area contributed by atoms with Crippen LogP contribution in [0.15, 0.2) is 48.5 Å². The first-order valence-electron chi connectivity index (χ1n) is 5.75. The number of nitrogens with one attached hydrogen (secondary N) is 1. The van der Waals surface area contributed by atoms with Crippen LogP contribution in [0.25, 0.3) is 22.5 Å². The number of aromatic nitrogens is 4. The van der Waals surface area contributed by atoms with Gasteiger partial charge in [-0.25, -0.2) is 0 Å². The quantitative estimate of drug-likeness (QED) is 0.744. The standard InChI is InChI=1S/C14H12N4/c1-10-6-2-3-7-11(10)12-8-4-5-9-13(12)14-15-17-18-16-14/h2-9H,1H3,(H,15,16,17,18). The number of aryl methyl sites for hydroxylation is 1. The molecule has 0 unspecified atom stereocenters. The third-order valence-electron chi connectivity index (χ3n) is 2.95. The van der Waals surface area contributed by atoms with Crippen molar-refractivity contribution in [1.29, 1.82) is 0 Å². The minimum absolute atomic E-state index is 0.619. The van der Waals surface area contributed by atoms with Gasteiger partial charge in [0.25, 0.3) is 0 Å². The molecule has 88 valence electrons. The van der Waals surface area contributed by atoms with Crippen LogP contribution in [0.4, 0.5) is 0 Å². The van der Waals surface area contributed by atoms with Crippen molar-refractivity contribution in [2.75, 3.05) is 0 Å². The van der Waals surface area contributed by atoms with Gasteiger partial charge < -0.3 is 0 Å². The molecule has 4 nitrogen and oxygen atoms in total. The van der Waals surface area contributed by atoms with Gasteiger partial charge in [-0.05, 0) is 28.8 Å². The molecule has 1 aromatic heterocycles. The van der Waals surface area contributed by atoms with Crippen LogP contribution in [-0.4, -0.2) is 20.6 Å². The lowest BCUT2D eigenvalue weighted by Crippen LogP contribution is -1.89. The number of tetrazole rings is 1. The van der Waals surface area contributed by atoms with Crippen molar-refractivity contribution in [2.24, 2.45) is 0 Å². The molecule has 1 N–H and O–H groups in total. The summed E-state index contributed by atoms with van der Waals surface area (Å²) in [7, 11) is 0. The first-order chi connectivity index (χ1) is 8.86. The van der Waals surface area contributed by atoms with Crippen molar-refractivity contribution in [2.45, 2.75) is 6.92 Å². The van der Waals surface area contributed by atoms with Crippen LogP contribution in [0.2, 0.25) is 0 Å². The molecule has 0 saturated heterocycles. The van der Waals surface area contributed by atoms with Gasteiger partial charge in [-0.3, -0.25) is 0 Å². The Balaban J connectivity index is 2.22. The number of aromatic amines is 1. The minimum atomic E-state index is 0.619. The summed E-state index contributed by atoms with van der Waals surface area (Å²) in [5, 5.41) is 14.2. The largest absolute Gasteiger partial charge is 0.205 e. The summed E-state index contributed by atoms with van der Waals surface area (Å²) in [5.74, 6) is 0.619. The summed E-state index contributed by atoms with van der Waals surface area (Å²) in [6.07, 6.45) is 0. The predicted octanol–water partition coefficient (Wildman–Crippen LogP) is 2.84. The number of rotatable bonds is 2. The van der Waals surface area contributed by atoms with E-state index in [1.807, 2.05) is 30.3 Å². The van der Waals surface area contributed by atoms with Crippen LogP contribution < -0.4 is 0 Å². The highest BCUT2D eigenvalue weighted by Gasteiger charge is 2.11. The summed E-state index contributed by atoms with van der Waals surface area (Å²) in [4.78, 5) is 0. The van der Waals surface area contributed by atoms with Gasteiger partial charge >= 0.3 is 0 Å². The van der Waals surface area contributed by atoms with Gasteiger partial charge in [-0.1, -0.05) is 48.5 Å². The van der Waals surface area contributed by atoms with Gasteiger partial charge in [0.2, 0.25) is 5.82 Å². The molecule has 0 fully saturated rings. The maximum absolute atomic E-state index is 4.06. The number of hydrogen-bond acceptors (Lipinski definition) is 3. The van der Waals surface area contributed by atoms with E-state index in [0.29, 0.717) is 5.82 Å². The molecule has 0 aliphatic rings. The lowest BCUT2D eigenvalue weighted by molar-refractivity contribution is 0.881. The van der Waals surface area contributed by atoms with Gasteiger partial charge in [-0.2, -0.15) is 5.21 Å². The maximum atomic E-state index is 4.06. The summed E-state index contributed by atoms with van der Waals surface area (Å²) in [5.41, 5.74) is 4.53. The third kappa shape index (κ3) is 1.78. The van der Waals surface area contributed by atoms with Crippen molar-refractivity contribution in [3.8, 4) is 22.5 Å². The molecule has 1 heterocycles. The predicted molar refractivity (Wildman–Crippen MR) is 69.8 cm³/mol. The van der Waals surface area contributed by atoms with Gasteiger partial charge in [0, 0.05) is 5.56 Å². The molecule has 0 aliphatic carbocycles. The zero-order valence-corrected chi connectivity index (χ0v) is 9.96. The Labute approximate surface area is 105 Å². The van der Waals surface area contributed by atoms with Crippen LogP contribution in [0.1, 0.15) is 5.56 Å². The molecular formula is C14H12N4. The van der Waals surface area contributed by atoms with Crippen LogP contribution in [-0.2, 0) is 0 Å². The Morgan fingerprint density at radius 2 is 1.50 bits per heavy atom. The zero-order chi connectivity index (χ0) is 12.4. The molecule has 0 saturated carbocycles. The second-order valence-corrected chi connectivity index (χ2v) is 4.10. The van der Waals surface area contributed by atoms with E-state index < -0.39 is 0 Å². The zero-order valence-electron chi connectivity index (χ0n) is 9.96. The van der Waals surface area contributed by atoms with E-state index in [2.05, 4.69) is 45.7 Å². The SMILES string of the molecule is Cc1ccccc1-c1ccccc1-c1nn[nH]n1. The first-order valence-corrected chi connectivity index (χ1v) is 5.75. The summed E-state index contributed by atoms with van der Waals surface area (Å²) < 4.78 is 0. The molecule has 0 bridgehead atoms. The average Bonchev–Trinajstić information content (AvgIpc) is 2.93. The van der Waals surface area contributed by atoms with Crippen molar-refractivity contribution in [3.05, 3.63) is 54.1 Å². The average molecular weight is 236 g/mol. The molecule has 0 amide bonds. The van der Waals surface area contributed by atoms with Crippen molar-refractivity contribution >= 4 is 0 Å². The Kier molecular flexibility index (Phi) is 2.61. The fraction of sp³-hybridized carbons (Fsp3) is 0.0714. The summed E-state index contributed by atoms with van der Waals surface area (Å²) in [6.45, 7) is 2.10. The van der Waals surface area contributed by atoms with Crippen molar-refractivity contribution in [3.63, 3.8) is 0 Å². The van der Waals surface area contributed by atoms with Crippen molar-refractivity contribution in [1.82, 2.24) is 20.6 Å². The molecule has 0 aliphatic heterocycles. The molecule has 0 atom stereocenters. The van der Waals surface area contributed by atoms with Crippen LogP contribution >= 0.6 is 0 Å². The molecule has 0 radical (unpaired) electrons. The van der Waals surface area contributed by atoms with E-state index in [9.17, 15) is 0 Å². The second kappa shape index (κ2) is 4.41. The smallest absolute Gasteiger partial charge is 0.177 e. The fourth-order valence-corrected chi connectivity index (χ4v) is 2.06. The van der Waals surface area contributed by atoms with E-state index >= 15 is 0 Å². The Morgan fingerprint density at radius 1 is 0.833 bits per heavy atom. The van der Waals surface area contributed by atoms with E-state index in [1.54, 1.807) is 0 Å². The Bertz CT molecular complexity index is 659.